The zero-order valence-electron chi connectivity index (χ0n) is 12.2. The summed E-state index contributed by atoms with van der Waals surface area (Å²) in [7, 11) is 0. The Bertz CT molecular complexity index is 425. The van der Waals surface area contributed by atoms with Gasteiger partial charge in [0, 0.05) is 26.2 Å². The molecule has 0 aromatic heterocycles. The molecular weight excluding hydrogens is 252 g/mol. The van der Waals surface area contributed by atoms with Crippen molar-refractivity contribution in [2.45, 2.75) is 38.8 Å². The minimum absolute atomic E-state index is 0.170. The Morgan fingerprint density at radius 1 is 1.35 bits per heavy atom. The summed E-state index contributed by atoms with van der Waals surface area (Å²) < 4.78 is 5.61. The van der Waals surface area contributed by atoms with Crippen molar-refractivity contribution in [2.24, 2.45) is 5.73 Å². The van der Waals surface area contributed by atoms with Crippen LogP contribution in [-0.4, -0.2) is 36.6 Å². The van der Waals surface area contributed by atoms with Crippen molar-refractivity contribution in [2.75, 3.05) is 19.7 Å². The molecule has 1 amide bonds. The molecule has 4 nitrogen and oxygen atoms in total. The minimum atomic E-state index is 0.170. The first-order chi connectivity index (χ1) is 9.72. The van der Waals surface area contributed by atoms with Gasteiger partial charge in [0.15, 0.2) is 0 Å². The number of nitrogens with zero attached hydrogens (tertiary/aromatic N) is 1. The van der Waals surface area contributed by atoms with E-state index >= 15 is 0 Å². The van der Waals surface area contributed by atoms with Crippen LogP contribution in [0.2, 0.25) is 0 Å². The molecule has 0 spiro atoms. The molecule has 1 aliphatic rings. The lowest BCUT2D eigenvalue weighted by molar-refractivity contribution is -0.131. The zero-order valence-corrected chi connectivity index (χ0v) is 12.2. The number of likely N-dealkylation sites (N-methyl/N-ethyl adjacent to an activating group) is 1. The summed E-state index contributed by atoms with van der Waals surface area (Å²) in [6, 6.07) is 7.94. The first kappa shape index (κ1) is 15.0. The van der Waals surface area contributed by atoms with Crippen LogP contribution in [0.4, 0.5) is 0 Å². The Kier molecular flexibility index (Phi) is 5.56. The average Bonchev–Trinajstić information content (AvgIpc) is 2.98. The summed E-state index contributed by atoms with van der Waals surface area (Å²) in [6.45, 7) is 4.84. The minimum Gasteiger partial charge on any atom is -0.376 e. The average molecular weight is 276 g/mol. The smallest absolute Gasteiger partial charge is 0.227 e. The van der Waals surface area contributed by atoms with Gasteiger partial charge in [-0.3, -0.25) is 4.79 Å². The van der Waals surface area contributed by atoms with Gasteiger partial charge in [-0.15, -0.1) is 0 Å². The summed E-state index contributed by atoms with van der Waals surface area (Å²) in [4.78, 5) is 14.2. The van der Waals surface area contributed by atoms with Crippen LogP contribution in [0.25, 0.3) is 0 Å². The molecule has 1 aromatic carbocycles. The predicted octanol–water partition coefficient (Wildman–Crippen LogP) is 1.72. The van der Waals surface area contributed by atoms with Crippen LogP contribution in [0.3, 0.4) is 0 Å². The van der Waals surface area contributed by atoms with Gasteiger partial charge in [0.05, 0.1) is 12.5 Å². The molecular formula is C16H24N2O2. The number of hydrogen-bond acceptors (Lipinski definition) is 3. The lowest BCUT2D eigenvalue weighted by Gasteiger charge is -2.24. The highest BCUT2D eigenvalue weighted by Crippen LogP contribution is 2.14. The van der Waals surface area contributed by atoms with Crippen molar-refractivity contribution in [1.82, 2.24) is 4.90 Å². The van der Waals surface area contributed by atoms with Crippen LogP contribution in [0, 0.1) is 0 Å². The predicted molar refractivity (Wildman–Crippen MR) is 79.3 cm³/mol. The first-order valence-corrected chi connectivity index (χ1v) is 7.40. The van der Waals surface area contributed by atoms with E-state index in [1.807, 2.05) is 36.1 Å². The van der Waals surface area contributed by atoms with Gasteiger partial charge in [-0.2, -0.15) is 0 Å². The summed E-state index contributed by atoms with van der Waals surface area (Å²) in [5, 5.41) is 0. The molecule has 0 bridgehead atoms. The molecule has 1 aliphatic heterocycles. The molecule has 1 fully saturated rings. The van der Waals surface area contributed by atoms with E-state index in [-0.39, 0.29) is 12.0 Å². The Morgan fingerprint density at radius 2 is 2.05 bits per heavy atom. The third kappa shape index (κ3) is 4.05. The van der Waals surface area contributed by atoms with E-state index in [1.165, 1.54) is 0 Å². The van der Waals surface area contributed by atoms with Gasteiger partial charge in [-0.1, -0.05) is 24.3 Å². The number of rotatable bonds is 6. The number of carbonyl (C=O) groups is 1. The second-order valence-electron chi connectivity index (χ2n) is 5.26. The number of benzene rings is 1. The maximum atomic E-state index is 12.3. The molecule has 1 unspecified atom stereocenters. The number of nitrogens with two attached hydrogens (primary N) is 1. The fourth-order valence-corrected chi connectivity index (χ4v) is 2.52. The Hall–Kier alpha value is -1.39. The molecule has 1 heterocycles. The summed E-state index contributed by atoms with van der Waals surface area (Å²) in [6.07, 6.45) is 2.84. The summed E-state index contributed by atoms with van der Waals surface area (Å²) >= 11 is 0. The highest BCUT2D eigenvalue weighted by Gasteiger charge is 2.21. The third-order valence-corrected chi connectivity index (χ3v) is 3.80. The van der Waals surface area contributed by atoms with Crippen LogP contribution in [0.15, 0.2) is 24.3 Å². The van der Waals surface area contributed by atoms with Gasteiger partial charge in [0.25, 0.3) is 0 Å². The fourth-order valence-electron chi connectivity index (χ4n) is 2.52. The SMILES string of the molecule is CCN(CC1CCCO1)C(=O)Cc1ccc(CN)cc1. The van der Waals surface area contributed by atoms with E-state index in [0.717, 1.165) is 43.7 Å². The molecule has 0 aliphatic carbocycles. The van der Waals surface area contributed by atoms with Crippen LogP contribution in [0.1, 0.15) is 30.9 Å². The Labute approximate surface area is 120 Å². The van der Waals surface area contributed by atoms with E-state index in [9.17, 15) is 4.79 Å². The van der Waals surface area contributed by atoms with Crippen molar-refractivity contribution in [3.05, 3.63) is 35.4 Å². The lowest BCUT2D eigenvalue weighted by Crippen LogP contribution is -2.38. The zero-order chi connectivity index (χ0) is 14.4. The van der Waals surface area contributed by atoms with E-state index in [4.69, 9.17) is 10.5 Å². The molecule has 1 atom stereocenters. The van der Waals surface area contributed by atoms with Crippen molar-refractivity contribution < 1.29 is 9.53 Å². The van der Waals surface area contributed by atoms with Crippen molar-refractivity contribution >= 4 is 5.91 Å². The first-order valence-electron chi connectivity index (χ1n) is 7.40. The van der Waals surface area contributed by atoms with Crippen LogP contribution in [-0.2, 0) is 22.5 Å². The maximum Gasteiger partial charge on any atom is 0.227 e. The van der Waals surface area contributed by atoms with E-state index in [0.29, 0.717) is 13.0 Å². The Balaban J connectivity index is 1.90. The molecule has 1 aromatic rings. The molecule has 4 heteroatoms. The summed E-state index contributed by atoms with van der Waals surface area (Å²) in [5.41, 5.74) is 7.70. The Morgan fingerprint density at radius 3 is 2.60 bits per heavy atom. The van der Waals surface area contributed by atoms with Crippen LogP contribution < -0.4 is 5.73 Å². The molecule has 0 radical (unpaired) electrons. The number of ether oxygens (including phenoxy) is 1. The highest BCUT2D eigenvalue weighted by molar-refractivity contribution is 5.78. The van der Waals surface area contributed by atoms with E-state index < -0.39 is 0 Å². The topological polar surface area (TPSA) is 55.6 Å². The van der Waals surface area contributed by atoms with Gasteiger partial charge >= 0.3 is 0 Å². The monoisotopic (exact) mass is 276 g/mol. The largest absolute Gasteiger partial charge is 0.376 e. The quantitative estimate of drug-likeness (QED) is 0.860. The van der Waals surface area contributed by atoms with Gasteiger partial charge in [0.2, 0.25) is 5.91 Å². The molecule has 1 saturated heterocycles. The molecule has 0 saturated carbocycles. The molecule has 110 valence electrons. The second kappa shape index (κ2) is 7.41. The number of amides is 1. The third-order valence-electron chi connectivity index (χ3n) is 3.80. The van der Waals surface area contributed by atoms with E-state index in [1.54, 1.807) is 0 Å². The standard InChI is InChI=1S/C16H24N2O2/c1-2-18(12-15-4-3-9-20-15)16(19)10-13-5-7-14(11-17)8-6-13/h5-8,15H,2-4,9-12,17H2,1H3. The van der Waals surface area contributed by atoms with Gasteiger partial charge in [0.1, 0.15) is 0 Å². The maximum absolute atomic E-state index is 12.3. The lowest BCUT2D eigenvalue weighted by atomic mass is 10.1. The number of hydrogen-bond donors (Lipinski definition) is 1. The van der Waals surface area contributed by atoms with Gasteiger partial charge in [-0.25, -0.2) is 0 Å². The molecule has 2 N–H and O–H groups in total. The van der Waals surface area contributed by atoms with Crippen molar-refractivity contribution in [3.8, 4) is 0 Å². The number of carbonyl (C=O) groups excluding carboxylic acids is 1. The highest BCUT2D eigenvalue weighted by atomic mass is 16.5. The fraction of sp³-hybridized carbons (Fsp3) is 0.562. The molecule has 20 heavy (non-hydrogen) atoms. The van der Waals surface area contributed by atoms with Gasteiger partial charge < -0.3 is 15.4 Å². The normalized spacial score (nSPS) is 18.2. The second-order valence-corrected chi connectivity index (χ2v) is 5.26. The van der Waals surface area contributed by atoms with Gasteiger partial charge in [-0.05, 0) is 30.9 Å². The van der Waals surface area contributed by atoms with Crippen molar-refractivity contribution in [3.63, 3.8) is 0 Å². The van der Waals surface area contributed by atoms with Crippen LogP contribution in [0.5, 0.6) is 0 Å². The summed E-state index contributed by atoms with van der Waals surface area (Å²) in [5.74, 6) is 0.170. The van der Waals surface area contributed by atoms with Crippen molar-refractivity contribution in [1.29, 1.82) is 0 Å². The molecule has 2 rings (SSSR count). The van der Waals surface area contributed by atoms with E-state index in [2.05, 4.69) is 0 Å². The van der Waals surface area contributed by atoms with Crippen LogP contribution >= 0.6 is 0 Å².